The Balaban J connectivity index is 3.58. The number of unbranched alkanes of at least 4 members (excludes halogenated alkanes) is 5. The summed E-state index contributed by atoms with van der Waals surface area (Å²) in [5.74, 6) is -1.16. The van der Waals surface area contributed by atoms with Crippen LogP contribution in [-0.2, 0) is 9.59 Å². The molecule has 0 radical (unpaired) electrons. The summed E-state index contributed by atoms with van der Waals surface area (Å²) in [6, 6.07) is 0. The molecule has 2 N–H and O–H groups in total. The van der Waals surface area contributed by atoms with Crippen LogP contribution in [-0.4, -0.2) is 28.1 Å². The lowest BCUT2D eigenvalue weighted by Gasteiger charge is -2.09. The molecular weight excluding hydrogens is 304 g/mol. The van der Waals surface area contributed by atoms with Crippen molar-refractivity contribution in [2.75, 3.05) is 0 Å². The maximum absolute atomic E-state index is 11.3. The second-order valence-corrected chi connectivity index (χ2v) is 5.98. The fraction of sp³-hybridized carbons (Fsp3) is 0.600. The van der Waals surface area contributed by atoms with E-state index in [9.17, 15) is 14.7 Å². The Bertz CT molecular complexity index is 421. The average Bonchev–Trinajstić information content (AvgIpc) is 2.53. The maximum atomic E-state index is 11.3. The molecule has 4 nitrogen and oxygen atoms in total. The van der Waals surface area contributed by atoms with Gasteiger partial charge in [0.05, 0.1) is 12.5 Å². The Morgan fingerprint density at radius 2 is 1.62 bits per heavy atom. The standard InChI is InChI=1S/C20H32O4/c1-2-3-9-13-18(21)14-10-7-5-4-6-8-11-15-19(22)16-12-17-20(23)24/h6,8,11-12,15-16,18,21H,2-5,7,9-10,13-14,17H2,1H3,(H,23,24). The Hall–Kier alpha value is -1.68. The van der Waals surface area contributed by atoms with Crippen molar-refractivity contribution < 1.29 is 19.8 Å². The largest absolute Gasteiger partial charge is 0.481 e. The Labute approximate surface area is 146 Å². The molecule has 24 heavy (non-hydrogen) atoms. The van der Waals surface area contributed by atoms with Crippen LogP contribution in [0, 0.1) is 0 Å². The van der Waals surface area contributed by atoms with Gasteiger partial charge >= 0.3 is 5.97 Å². The minimum Gasteiger partial charge on any atom is -0.481 e. The van der Waals surface area contributed by atoms with E-state index in [1.165, 1.54) is 31.1 Å². The number of hydrogen-bond acceptors (Lipinski definition) is 3. The van der Waals surface area contributed by atoms with Crippen LogP contribution in [0.4, 0.5) is 0 Å². The third-order valence-electron chi connectivity index (χ3n) is 3.63. The predicted octanol–water partition coefficient (Wildman–Crippen LogP) is 4.59. The number of carboxylic acids is 1. The van der Waals surface area contributed by atoms with Gasteiger partial charge in [-0.05, 0) is 37.8 Å². The van der Waals surface area contributed by atoms with Gasteiger partial charge in [0.1, 0.15) is 0 Å². The first-order valence-corrected chi connectivity index (χ1v) is 8.99. The van der Waals surface area contributed by atoms with Crippen LogP contribution in [0.5, 0.6) is 0 Å². The second kappa shape index (κ2) is 16.2. The van der Waals surface area contributed by atoms with Crippen LogP contribution in [0.15, 0.2) is 36.5 Å². The predicted molar refractivity (Wildman–Crippen MR) is 97.9 cm³/mol. The summed E-state index contributed by atoms with van der Waals surface area (Å²) >= 11 is 0. The smallest absolute Gasteiger partial charge is 0.307 e. The van der Waals surface area contributed by atoms with Gasteiger partial charge in [0, 0.05) is 0 Å². The molecule has 0 rings (SSSR count). The molecule has 1 unspecified atom stereocenters. The number of aliphatic hydroxyl groups is 1. The van der Waals surface area contributed by atoms with Gasteiger partial charge in [-0.2, -0.15) is 0 Å². The van der Waals surface area contributed by atoms with Crippen LogP contribution in [0.3, 0.4) is 0 Å². The van der Waals surface area contributed by atoms with Crippen molar-refractivity contribution >= 4 is 11.8 Å². The molecule has 0 amide bonds. The summed E-state index contributed by atoms with van der Waals surface area (Å²) in [5.41, 5.74) is 0. The Morgan fingerprint density at radius 1 is 0.917 bits per heavy atom. The van der Waals surface area contributed by atoms with Crippen LogP contribution in [0.2, 0.25) is 0 Å². The highest BCUT2D eigenvalue weighted by atomic mass is 16.4. The summed E-state index contributed by atoms with van der Waals surface area (Å²) < 4.78 is 0. The lowest BCUT2D eigenvalue weighted by atomic mass is 10.0. The van der Waals surface area contributed by atoms with Gasteiger partial charge in [0.25, 0.3) is 0 Å². The van der Waals surface area contributed by atoms with Crippen molar-refractivity contribution in [2.45, 2.75) is 77.2 Å². The van der Waals surface area contributed by atoms with Gasteiger partial charge < -0.3 is 10.2 Å². The van der Waals surface area contributed by atoms with Crippen molar-refractivity contribution in [1.29, 1.82) is 0 Å². The van der Waals surface area contributed by atoms with Crippen molar-refractivity contribution in [3.63, 3.8) is 0 Å². The number of carbonyl (C=O) groups is 2. The number of ketones is 1. The quantitative estimate of drug-likeness (QED) is 0.260. The van der Waals surface area contributed by atoms with E-state index in [0.717, 1.165) is 44.9 Å². The van der Waals surface area contributed by atoms with Gasteiger partial charge in [-0.3, -0.25) is 9.59 Å². The van der Waals surface area contributed by atoms with E-state index in [1.54, 1.807) is 6.08 Å². The zero-order valence-electron chi connectivity index (χ0n) is 14.8. The molecule has 0 saturated carbocycles. The molecule has 1 atom stereocenters. The van der Waals surface area contributed by atoms with E-state index in [4.69, 9.17) is 5.11 Å². The van der Waals surface area contributed by atoms with Gasteiger partial charge in [-0.15, -0.1) is 0 Å². The van der Waals surface area contributed by atoms with Crippen LogP contribution in [0.1, 0.15) is 71.1 Å². The summed E-state index contributed by atoms with van der Waals surface area (Å²) in [6.45, 7) is 2.17. The van der Waals surface area contributed by atoms with Crippen molar-refractivity contribution in [3.05, 3.63) is 36.5 Å². The fourth-order valence-electron chi connectivity index (χ4n) is 2.25. The second-order valence-electron chi connectivity index (χ2n) is 5.98. The topological polar surface area (TPSA) is 74.6 Å². The van der Waals surface area contributed by atoms with Crippen molar-refractivity contribution in [2.24, 2.45) is 0 Å². The molecule has 136 valence electrons. The molecule has 0 heterocycles. The first kappa shape index (κ1) is 22.3. The molecule has 0 aromatic heterocycles. The van der Waals surface area contributed by atoms with Crippen LogP contribution in [0.25, 0.3) is 0 Å². The number of rotatable bonds is 15. The molecule has 0 aromatic carbocycles. The minimum atomic E-state index is -0.948. The average molecular weight is 336 g/mol. The van der Waals surface area contributed by atoms with Crippen LogP contribution >= 0.6 is 0 Å². The molecule has 0 bridgehead atoms. The first-order chi connectivity index (χ1) is 11.6. The van der Waals surface area contributed by atoms with Gasteiger partial charge in [0.2, 0.25) is 0 Å². The lowest BCUT2D eigenvalue weighted by molar-refractivity contribution is -0.136. The third kappa shape index (κ3) is 16.7. The Kier molecular flexibility index (Phi) is 15.1. The van der Waals surface area contributed by atoms with Gasteiger partial charge in [0.15, 0.2) is 5.78 Å². The highest BCUT2D eigenvalue weighted by Gasteiger charge is 2.02. The summed E-state index contributed by atoms with van der Waals surface area (Å²) in [4.78, 5) is 21.6. The summed E-state index contributed by atoms with van der Waals surface area (Å²) in [5, 5.41) is 18.2. The molecule has 0 aliphatic rings. The number of carboxylic acid groups (broad SMARTS) is 1. The van der Waals surface area contributed by atoms with E-state index < -0.39 is 5.97 Å². The SMILES string of the molecule is CCCCCC(O)CCCCCC=CC=CC(=O)C=CCC(=O)O. The highest BCUT2D eigenvalue weighted by Crippen LogP contribution is 2.11. The maximum Gasteiger partial charge on any atom is 0.307 e. The van der Waals surface area contributed by atoms with E-state index in [0.29, 0.717) is 0 Å². The molecule has 0 saturated heterocycles. The normalized spacial score (nSPS) is 13.2. The first-order valence-electron chi connectivity index (χ1n) is 8.99. The van der Waals surface area contributed by atoms with Crippen molar-refractivity contribution in [1.82, 2.24) is 0 Å². The van der Waals surface area contributed by atoms with Gasteiger partial charge in [-0.25, -0.2) is 0 Å². The van der Waals surface area contributed by atoms with E-state index >= 15 is 0 Å². The number of hydrogen-bond donors (Lipinski definition) is 2. The third-order valence-corrected chi connectivity index (χ3v) is 3.63. The molecule has 0 spiro atoms. The lowest BCUT2D eigenvalue weighted by Crippen LogP contribution is -2.05. The zero-order chi connectivity index (χ0) is 18.0. The summed E-state index contributed by atoms with van der Waals surface area (Å²) in [7, 11) is 0. The Morgan fingerprint density at radius 3 is 2.29 bits per heavy atom. The fourth-order valence-corrected chi connectivity index (χ4v) is 2.25. The molecule has 0 aromatic rings. The van der Waals surface area contributed by atoms with E-state index in [1.807, 2.05) is 12.2 Å². The van der Waals surface area contributed by atoms with Crippen LogP contribution < -0.4 is 0 Å². The van der Waals surface area contributed by atoms with Crippen molar-refractivity contribution in [3.8, 4) is 0 Å². The molecular formula is C20H32O4. The number of aliphatic carboxylic acids is 1. The molecule has 4 heteroatoms. The van der Waals surface area contributed by atoms with E-state index in [-0.39, 0.29) is 18.3 Å². The molecule has 0 fully saturated rings. The zero-order valence-corrected chi connectivity index (χ0v) is 14.8. The number of allylic oxidation sites excluding steroid dienone is 5. The minimum absolute atomic E-state index is 0.136. The van der Waals surface area contributed by atoms with E-state index in [2.05, 4.69) is 6.92 Å². The number of aliphatic hydroxyl groups excluding tert-OH is 1. The van der Waals surface area contributed by atoms with Gasteiger partial charge in [-0.1, -0.05) is 63.3 Å². The monoisotopic (exact) mass is 336 g/mol. The molecule has 0 aliphatic heterocycles. The molecule has 0 aliphatic carbocycles. The highest BCUT2D eigenvalue weighted by molar-refractivity contribution is 5.99. The number of carbonyl (C=O) groups excluding carboxylic acids is 1. The summed E-state index contributed by atoms with van der Waals surface area (Å²) in [6.07, 6.45) is 18.8.